The van der Waals surface area contributed by atoms with E-state index in [1.165, 1.54) is 11.1 Å². The summed E-state index contributed by atoms with van der Waals surface area (Å²) < 4.78 is 5.59. The minimum absolute atomic E-state index is 0.125. The maximum Gasteiger partial charge on any atom is 0.122 e. The third-order valence-corrected chi connectivity index (χ3v) is 3.07. The van der Waals surface area contributed by atoms with Gasteiger partial charge in [-0.2, -0.15) is 0 Å². The first-order chi connectivity index (χ1) is 7.81. The van der Waals surface area contributed by atoms with Crippen molar-refractivity contribution in [1.82, 2.24) is 5.32 Å². The van der Waals surface area contributed by atoms with E-state index in [1.54, 1.807) is 0 Å². The van der Waals surface area contributed by atoms with Crippen LogP contribution in [0.3, 0.4) is 0 Å². The number of ether oxygens (including phenoxy) is 1. The van der Waals surface area contributed by atoms with Crippen molar-refractivity contribution >= 4 is 0 Å². The van der Waals surface area contributed by atoms with Gasteiger partial charge in [-0.05, 0) is 50.0 Å². The molecule has 1 heterocycles. The Hall–Kier alpha value is -1.06. The van der Waals surface area contributed by atoms with Gasteiger partial charge in [-0.25, -0.2) is 0 Å². The van der Waals surface area contributed by atoms with E-state index in [4.69, 9.17) is 10.5 Å². The number of fused-ring (bicyclic) bond motifs is 1. The molecule has 3 N–H and O–H groups in total. The van der Waals surface area contributed by atoms with Crippen molar-refractivity contribution in [2.75, 3.05) is 20.2 Å². The van der Waals surface area contributed by atoms with E-state index in [1.807, 2.05) is 7.05 Å². The van der Waals surface area contributed by atoms with E-state index in [-0.39, 0.29) is 6.04 Å². The highest BCUT2D eigenvalue weighted by Crippen LogP contribution is 2.27. The van der Waals surface area contributed by atoms with E-state index in [0.717, 1.165) is 38.2 Å². The number of hydrogen-bond donors (Lipinski definition) is 2. The van der Waals surface area contributed by atoms with Gasteiger partial charge in [-0.15, -0.1) is 0 Å². The third kappa shape index (κ3) is 2.54. The smallest absolute Gasteiger partial charge is 0.122 e. The lowest BCUT2D eigenvalue weighted by Gasteiger charge is -2.19. The number of benzene rings is 1. The van der Waals surface area contributed by atoms with Crippen LogP contribution in [0.5, 0.6) is 5.75 Å². The normalized spacial score (nSPS) is 16.4. The monoisotopic (exact) mass is 220 g/mol. The zero-order valence-electron chi connectivity index (χ0n) is 9.83. The predicted molar refractivity (Wildman–Crippen MR) is 65.7 cm³/mol. The van der Waals surface area contributed by atoms with Gasteiger partial charge in [-0.1, -0.05) is 12.1 Å². The van der Waals surface area contributed by atoms with Crippen molar-refractivity contribution in [3.05, 3.63) is 29.3 Å². The van der Waals surface area contributed by atoms with Crippen LogP contribution in [-0.2, 0) is 6.42 Å². The van der Waals surface area contributed by atoms with Gasteiger partial charge in [0.25, 0.3) is 0 Å². The van der Waals surface area contributed by atoms with Gasteiger partial charge in [0.15, 0.2) is 0 Å². The summed E-state index contributed by atoms with van der Waals surface area (Å²) in [5.74, 6) is 1.04. The Balaban J connectivity index is 2.10. The molecule has 0 aliphatic carbocycles. The molecule has 1 aliphatic heterocycles. The SMILES string of the molecule is CNCCC(N)c1ccc2c(c1)CCCO2. The zero-order chi connectivity index (χ0) is 11.4. The van der Waals surface area contributed by atoms with Crippen LogP contribution in [0, 0.1) is 0 Å². The molecule has 1 atom stereocenters. The Bertz CT molecular complexity index is 352. The van der Waals surface area contributed by atoms with Gasteiger partial charge in [0, 0.05) is 6.04 Å². The molecule has 1 aromatic rings. The van der Waals surface area contributed by atoms with Crippen LogP contribution in [-0.4, -0.2) is 20.2 Å². The van der Waals surface area contributed by atoms with Gasteiger partial charge in [0.05, 0.1) is 6.61 Å². The lowest BCUT2D eigenvalue weighted by molar-refractivity contribution is 0.288. The molecule has 0 saturated carbocycles. The second-order valence-electron chi connectivity index (χ2n) is 4.32. The molecule has 0 bridgehead atoms. The molecule has 3 nitrogen and oxygen atoms in total. The molecule has 0 fully saturated rings. The van der Waals surface area contributed by atoms with Crippen molar-refractivity contribution in [2.45, 2.75) is 25.3 Å². The fourth-order valence-electron chi connectivity index (χ4n) is 2.08. The first-order valence-electron chi connectivity index (χ1n) is 5.97. The summed E-state index contributed by atoms with van der Waals surface area (Å²) in [4.78, 5) is 0. The summed E-state index contributed by atoms with van der Waals surface area (Å²) >= 11 is 0. The molecule has 0 radical (unpaired) electrons. The van der Waals surface area contributed by atoms with E-state index in [2.05, 4.69) is 23.5 Å². The largest absolute Gasteiger partial charge is 0.493 e. The lowest BCUT2D eigenvalue weighted by atomic mass is 9.98. The van der Waals surface area contributed by atoms with Crippen LogP contribution in [0.25, 0.3) is 0 Å². The Morgan fingerprint density at radius 1 is 1.50 bits per heavy atom. The van der Waals surface area contributed by atoms with Crippen LogP contribution in [0.1, 0.15) is 30.0 Å². The van der Waals surface area contributed by atoms with Crippen LogP contribution in [0.2, 0.25) is 0 Å². The highest BCUT2D eigenvalue weighted by Gasteiger charge is 2.13. The van der Waals surface area contributed by atoms with Crippen molar-refractivity contribution in [1.29, 1.82) is 0 Å². The Morgan fingerprint density at radius 2 is 2.38 bits per heavy atom. The lowest BCUT2D eigenvalue weighted by Crippen LogP contribution is -2.18. The standard InChI is InChI=1S/C13H20N2O/c1-15-7-6-12(14)10-4-5-13-11(9-10)3-2-8-16-13/h4-5,9,12,15H,2-3,6-8,14H2,1H3. The van der Waals surface area contributed by atoms with E-state index >= 15 is 0 Å². The molecule has 1 aromatic carbocycles. The van der Waals surface area contributed by atoms with Gasteiger partial charge >= 0.3 is 0 Å². The van der Waals surface area contributed by atoms with Crippen LogP contribution in [0.4, 0.5) is 0 Å². The van der Waals surface area contributed by atoms with Gasteiger partial charge in [-0.3, -0.25) is 0 Å². The molecular formula is C13H20N2O. The Kier molecular flexibility index (Phi) is 3.80. The molecule has 0 spiro atoms. The molecule has 2 rings (SSSR count). The van der Waals surface area contributed by atoms with Crippen molar-refractivity contribution in [3.63, 3.8) is 0 Å². The number of nitrogens with one attached hydrogen (secondary N) is 1. The highest BCUT2D eigenvalue weighted by atomic mass is 16.5. The van der Waals surface area contributed by atoms with Gasteiger partial charge < -0.3 is 15.8 Å². The molecule has 0 saturated heterocycles. The van der Waals surface area contributed by atoms with Gasteiger partial charge in [0.1, 0.15) is 5.75 Å². The Morgan fingerprint density at radius 3 is 3.19 bits per heavy atom. The quantitative estimate of drug-likeness (QED) is 0.810. The van der Waals surface area contributed by atoms with Crippen molar-refractivity contribution in [2.24, 2.45) is 5.73 Å². The maximum absolute atomic E-state index is 6.13. The summed E-state index contributed by atoms with van der Waals surface area (Å²) in [5, 5.41) is 3.13. The minimum Gasteiger partial charge on any atom is -0.493 e. The average molecular weight is 220 g/mol. The molecule has 0 aromatic heterocycles. The summed E-state index contributed by atoms with van der Waals surface area (Å²) in [6.45, 7) is 1.80. The molecule has 16 heavy (non-hydrogen) atoms. The number of aryl methyl sites for hydroxylation is 1. The number of hydrogen-bond acceptors (Lipinski definition) is 3. The highest BCUT2D eigenvalue weighted by molar-refractivity contribution is 5.39. The summed E-state index contributed by atoms with van der Waals surface area (Å²) in [6, 6.07) is 6.47. The summed E-state index contributed by atoms with van der Waals surface area (Å²) in [5.41, 5.74) is 8.66. The molecular weight excluding hydrogens is 200 g/mol. The third-order valence-electron chi connectivity index (χ3n) is 3.07. The zero-order valence-corrected chi connectivity index (χ0v) is 9.83. The topological polar surface area (TPSA) is 47.3 Å². The van der Waals surface area contributed by atoms with Crippen molar-refractivity contribution in [3.8, 4) is 5.75 Å². The minimum atomic E-state index is 0.125. The first kappa shape index (κ1) is 11.4. The average Bonchev–Trinajstić information content (AvgIpc) is 2.35. The molecule has 0 amide bonds. The fraction of sp³-hybridized carbons (Fsp3) is 0.538. The van der Waals surface area contributed by atoms with Crippen molar-refractivity contribution < 1.29 is 4.74 Å². The first-order valence-corrected chi connectivity index (χ1v) is 5.97. The second kappa shape index (κ2) is 5.32. The number of rotatable bonds is 4. The Labute approximate surface area is 97.0 Å². The second-order valence-corrected chi connectivity index (χ2v) is 4.32. The summed E-state index contributed by atoms with van der Waals surface area (Å²) in [7, 11) is 1.95. The molecule has 88 valence electrons. The van der Waals surface area contributed by atoms with E-state index in [0.29, 0.717) is 0 Å². The summed E-state index contributed by atoms with van der Waals surface area (Å²) in [6.07, 6.45) is 3.19. The van der Waals surface area contributed by atoms with E-state index in [9.17, 15) is 0 Å². The molecule has 1 aliphatic rings. The molecule has 1 unspecified atom stereocenters. The number of nitrogens with two attached hydrogens (primary N) is 1. The van der Waals surface area contributed by atoms with Crippen LogP contribution >= 0.6 is 0 Å². The van der Waals surface area contributed by atoms with Gasteiger partial charge in [0.2, 0.25) is 0 Å². The van der Waals surface area contributed by atoms with E-state index < -0.39 is 0 Å². The van der Waals surface area contributed by atoms with Crippen LogP contribution in [0.15, 0.2) is 18.2 Å². The van der Waals surface area contributed by atoms with Crippen LogP contribution < -0.4 is 15.8 Å². The molecule has 3 heteroatoms. The maximum atomic E-state index is 6.13. The predicted octanol–water partition coefficient (Wildman–Crippen LogP) is 1.62. The fourth-order valence-corrected chi connectivity index (χ4v) is 2.08.